The predicted octanol–water partition coefficient (Wildman–Crippen LogP) is 2.26. The molecule has 6 nitrogen and oxygen atoms in total. The number of nitrogens with one attached hydrogen (secondary N) is 1. The van der Waals surface area contributed by atoms with Crippen molar-refractivity contribution >= 4 is 23.4 Å². The number of H-pyrrole nitrogens is 1. The van der Waals surface area contributed by atoms with Crippen molar-refractivity contribution in [3.8, 4) is 0 Å². The van der Waals surface area contributed by atoms with Crippen LogP contribution < -0.4 is 4.90 Å². The molecule has 1 aromatic heterocycles. The summed E-state index contributed by atoms with van der Waals surface area (Å²) in [6.07, 6.45) is 2.35. The van der Waals surface area contributed by atoms with Crippen molar-refractivity contribution in [3.63, 3.8) is 0 Å². The first-order valence-corrected chi connectivity index (χ1v) is 9.51. The Kier molecular flexibility index (Phi) is 4.61. The van der Waals surface area contributed by atoms with Gasteiger partial charge < -0.3 is 9.80 Å². The lowest BCUT2D eigenvalue weighted by Crippen LogP contribution is -2.49. The molecule has 2 aliphatic rings. The zero-order valence-electron chi connectivity index (χ0n) is 13.8. The number of thioether (sulfide) groups is 1. The second kappa shape index (κ2) is 7.03. The fourth-order valence-corrected chi connectivity index (χ4v) is 3.65. The third kappa shape index (κ3) is 3.95. The van der Waals surface area contributed by atoms with Crippen LogP contribution in [0.5, 0.6) is 0 Å². The minimum absolute atomic E-state index is 0.113. The lowest BCUT2D eigenvalue weighted by Gasteiger charge is -2.36. The number of halogens is 1. The molecular weight excluding hydrogens is 341 g/mol. The van der Waals surface area contributed by atoms with E-state index in [9.17, 15) is 9.18 Å². The number of benzene rings is 1. The topological polar surface area (TPSA) is 65.1 Å². The molecule has 0 unspecified atom stereocenters. The third-order valence-electron chi connectivity index (χ3n) is 4.60. The molecule has 0 spiro atoms. The number of aromatic amines is 1. The number of nitrogens with zero attached hydrogens (tertiary/aromatic N) is 4. The SMILES string of the molecule is O=C(CSc1n[nH]c(C2CC2)n1)N1CCN(c2ccc(F)cc2)CC1. The van der Waals surface area contributed by atoms with Gasteiger partial charge >= 0.3 is 0 Å². The van der Waals surface area contributed by atoms with Crippen molar-refractivity contribution in [2.45, 2.75) is 23.9 Å². The van der Waals surface area contributed by atoms with Gasteiger partial charge in [-0.3, -0.25) is 9.89 Å². The Hall–Kier alpha value is -2.09. The summed E-state index contributed by atoms with van der Waals surface area (Å²) in [5.41, 5.74) is 0.996. The molecule has 1 amide bonds. The number of amides is 1. The smallest absolute Gasteiger partial charge is 0.233 e. The summed E-state index contributed by atoms with van der Waals surface area (Å²) in [6.45, 7) is 2.87. The van der Waals surface area contributed by atoms with E-state index < -0.39 is 0 Å². The molecule has 8 heteroatoms. The highest BCUT2D eigenvalue weighted by molar-refractivity contribution is 7.99. The van der Waals surface area contributed by atoms with Gasteiger partial charge in [0.2, 0.25) is 11.1 Å². The van der Waals surface area contributed by atoms with Crippen molar-refractivity contribution in [2.75, 3.05) is 36.8 Å². The molecule has 1 aliphatic heterocycles. The van der Waals surface area contributed by atoms with Gasteiger partial charge in [0.05, 0.1) is 5.75 Å². The molecule has 132 valence electrons. The Bertz CT molecular complexity index is 738. The van der Waals surface area contributed by atoms with Gasteiger partial charge in [-0.05, 0) is 37.1 Å². The molecule has 1 N–H and O–H groups in total. The first-order chi connectivity index (χ1) is 12.2. The number of rotatable bonds is 5. The molecule has 2 aromatic rings. The van der Waals surface area contributed by atoms with E-state index in [1.807, 2.05) is 4.90 Å². The van der Waals surface area contributed by atoms with Crippen molar-refractivity contribution in [3.05, 3.63) is 35.9 Å². The van der Waals surface area contributed by atoms with Gasteiger partial charge in [0.1, 0.15) is 11.6 Å². The van der Waals surface area contributed by atoms with Crippen LogP contribution in [0.15, 0.2) is 29.4 Å². The number of carbonyl (C=O) groups is 1. The van der Waals surface area contributed by atoms with Gasteiger partial charge in [0.25, 0.3) is 0 Å². The molecule has 1 saturated carbocycles. The molecule has 0 atom stereocenters. The summed E-state index contributed by atoms with van der Waals surface area (Å²) in [5.74, 6) is 1.73. The zero-order chi connectivity index (χ0) is 17.2. The molecule has 4 rings (SSSR count). The maximum atomic E-state index is 13.0. The van der Waals surface area contributed by atoms with Gasteiger partial charge in [0, 0.05) is 37.8 Å². The summed E-state index contributed by atoms with van der Waals surface area (Å²) in [5, 5.41) is 7.78. The quantitative estimate of drug-likeness (QED) is 0.828. The standard InChI is InChI=1S/C17H20FN5OS/c18-13-3-5-14(6-4-13)22-7-9-23(10-8-22)15(24)11-25-17-19-16(20-21-17)12-1-2-12/h3-6,12H,1-2,7-11H2,(H,19,20,21). The van der Waals surface area contributed by atoms with Gasteiger partial charge in [-0.1, -0.05) is 11.8 Å². The monoisotopic (exact) mass is 361 g/mol. The highest BCUT2D eigenvalue weighted by atomic mass is 32.2. The summed E-state index contributed by atoms with van der Waals surface area (Å²) in [7, 11) is 0. The van der Waals surface area contributed by atoms with Crippen molar-refractivity contribution in [1.82, 2.24) is 20.1 Å². The maximum Gasteiger partial charge on any atom is 0.233 e. The first-order valence-electron chi connectivity index (χ1n) is 8.52. The van der Waals surface area contributed by atoms with Crippen LogP contribution >= 0.6 is 11.8 Å². The fourth-order valence-electron chi connectivity index (χ4n) is 2.95. The molecule has 1 aromatic carbocycles. The van der Waals surface area contributed by atoms with Crippen LogP contribution in [-0.4, -0.2) is 57.9 Å². The van der Waals surface area contributed by atoms with Crippen LogP contribution in [0.2, 0.25) is 0 Å². The Labute approximate surface area is 149 Å². The molecule has 1 saturated heterocycles. The Morgan fingerprint density at radius 3 is 2.60 bits per heavy atom. The molecule has 2 fully saturated rings. The van der Waals surface area contributed by atoms with Crippen LogP contribution in [0.3, 0.4) is 0 Å². The molecule has 2 heterocycles. The predicted molar refractivity (Wildman–Crippen MR) is 94.3 cm³/mol. The largest absolute Gasteiger partial charge is 0.368 e. The lowest BCUT2D eigenvalue weighted by atomic mass is 10.2. The molecule has 1 aliphatic carbocycles. The average molecular weight is 361 g/mol. The molecule has 0 bridgehead atoms. The van der Waals surface area contributed by atoms with Crippen LogP contribution in [-0.2, 0) is 4.79 Å². The van der Waals surface area contributed by atoms with Crippen LogP contribution in [0.1, 0.15) is 24.6 Å². The number of piperazine rings is 1. The van der Waals surface area contributed by atoms with E-state index in [0.29, 0.717) is 29.9 Å². The fraction of sp³-hybridized carbons (Fsp3) is 0.471. The molecular formula is C17H20FN5OS. The van der Waals surface area contributed by atoms with E-state index >= 15 is 0 Å². The minimum Gasteiger partial charge on any atom is -0.368 e. The number of hydrogen-bond donors (Lipinski definition) is 1. The maximum absolute atomic E-state index is 13.0. The zero-order valence-corrected chi connectivity index (χ0v) is 14.6. The third-order valence-corrected chi connectivity index (χ3v) is 5.43. The van der Waals surface area contributed by atoms with E-state index in [1.54, 1.807) is 12.1 Å². The van der Waals surface area contributed by atoms with Crippen LogP contribution in [0.4, 0.5) is 10.1 Å². The number of carbonyl (C=O) groups excluding carboxylic acids is 1. The normalized spacial score (nSPS) is 17.8. The van der Waals surface area contributed by atoms with Gasteiger partial charge in [-0.15, -0.1) is 5.10 Å². The number of anilines is 1. The highest BCUT2D eigenvalue weighted by Gasteiger charge is 2.27. The van der Waals surface area contributed by atoms with Gasteiger partial charge in [-0.25, -0.2) is 9.37 Å². The van der Waals surface area contributed by atoms with E-state index in [2.05, 4.69) is 20.1 Å². The average Bonchev–Trinajstić information content (AvgIpc) is 3.39. The van der Waals surface area contributed by atoms with Crippen molar-refractivity contribution in [1.29, 1.82) is 0 Å². The highest BCUT2D eigenvalue weighted by Crippen LogP contribution is 2.38. The Balaban J connectivity index is 1.25. The first kappa shape index (κ1) is 16.4. The van der Waals surface area contributed by atoms with Gasteiger partial charge in [0.15, 0.2) is 0 Å². The van der Waals surface area contributed by atoms with Crippen LogP contribution in [0, 0.1) is 5.82 Å². The van der Waals surface area contributed by atoms with Crippen molar-refractivity contribution < 1.29 is 9.18 Å². The van der Waals surface area contributed by atoms with Gasteiger partial charge in [-0.2, -0.15) is 0 Å². The Morgan fingerprint density at radius 1 is 1.20 bits per heavy atom. The number of hydrogen-bond acceptors (Lipinski definition) is 5. The molecule has 0 radical (unpaired) electrons. The summed E-state index contributed by atoms with van der Waals surface area (Å²) < 4.78 is 13.0. The minimum atomic E-state index is -0.230. The summed E-state index contributed by atoms with van der Waals surface area (Å²) >= 11 is 1.39. The van der Waals surface area contributed by atoms with E-state index in [0.717, 1.165) is 24.6 Å². The Morgan fingerprint density at radius 2 is 1.92 bits per heavy atom. The summed E-state index contributed by atoms with van der Waals surface area (Å²) in [4.78, 5) is 20.9. The second-order valence-corrected chi connectivity index (χ2v) is 7.35. The number of aromatic nitrogens is 3. The lowest BCUT2D eigenvalue weighted by molar-refractivity contribution is -0.128. The van der Waals surface area contributed by atoms with E-state index in [-0.39, 0.29) is 11.7 Å². The van der Waals surface area contributed by atoms with Crippen molar-refractivity contribution in [2.24, 2.45) is 0 Å². The summed E-state index contributed by atoms with van der Waals surface area (Å²) in [6, 6.07) is 6.50. The van der Waals surface area contributed by atoms with E-state index in [1.165, 1.54) is 36.7 Å². The van der Waals surface area contributed by atoms with Crippen LogP contribution in [0.25, 0.3) is 0 Å². The van der Waals surface area contributed by atoms with E-state index in [4.69, 9.17) is 0 Å². The second-order valence-electron chi connectivity index (χ2n) is 6.41. The molecule has 25 heavy (non-hydrogen) atoms.